The Balaban J connectivity index is 2.06. The second-order valence-electron chi connectivity index (χ2n) is 4.41. The zero-order valence-electron chi connectivity index (χ0n) is 10.5. The van der Waals surface area contributed by atoms with E-state index in [1.54, 1.807) is 11.0 Å². The van der Waals surface area contributed by atoms with E-state index in [1.165, 1.54) is 12.1 Å². The highest BCUT2D eigenvalue weighted by Crippen LogP contribution is 2.26. The first-order chi connectivity index (χ1) is 9.09. The summed E-state index contributed by atoms with van der Waals surface area (Å²) in [4.78, 5) is 24.6. The molecular formula is C13H16N2O4. The molecule has 1 heterocycles. The molecule has 1 saturated heterocycles. The number of carboxylic acids is 1. The van der Waals surface area contributed by atoms with E-state index in [2.05, 4.69) is 0 Å². The molecule has 0 atom stereocenters. The Kier molecular flexibility index (Phi) is 3.89. The van der Waals surface area contributed by atoms with Crippen molar-refractivity contribution in [3.8, 4) is 5.75 Å². The van der Waals surface area contributed by atoms with Crippen LogP contribution in [0.4, 0.5) is 5.69 Å². The number of benzene rings is 1. The number of likely N-dealkylation sites (tertiary alicyclic amines) is 1. The quantitative estimate of drug-likeness (QED) is 0.790. The summed E-state index contributed by atoms with van der Waals surface area (Å²) in [6, 6.07) is 4.48. The van der Waals surface area contributed by atoms with E-state index in [9.17, 15) is 9.59 Å². The SMILES string of the molecule is Nc1cccc(C(=O)O)c1OCC(=O)N1CCCC1. The second kappa shape index (κ2) is 5.60. The van der Waals surface area contributed by atoms with Crippen molar-refractivity contribution in [2.24, 2.45) is 0 Å². The van der Waals surface area contributed by atoms with E-state index in [0.717, 1.165) is 25.9 Å². The number of ether oxygens (including phenoxy) is 1. The van der Waals surface area contributed by atoms with Crippen molar-refractivity contribution in [1.29, 1.82) is 0 Å². The van der Waals surface area contributed by atoms with Gasteiger partial charge in [-0.15, -0.1) is 0 Å². The standard InChI is InChI=1S/C13H16N2O4/c14-10-5-3-4-9(13(17)18)12(10)19-8-11(16)15-6-1-2-7-15/h3-5H,1-2,6-8,14H2,(H,17,18). The molecule has 0 aliphatic carbocycles. The largest absolute Gasteiger partial charge is 0.481 e. The lowest BCUT2D eigenvalue weighted by Crippen LogP contribution is -2.32. The molecule has 0 aromatic heterocycles. The van der Waals surface area contributed by atoms with Gasteiger partial charge in [-0.2, -0.15) is 0 Å². The number of hydrogen-bond acceptors (Lipinski definition) is 4. The molecule has 1 amide bonds. The summed E-state index contributed by atoms with van der Waals surface area (Å²) in [5.74, 6) is -1.21. The predicted octanol–water partition coefficient (Wildman–Crippen LogP) is 0.968. The average molecular weight is 264 g/mol. The Hall–Kier alpha value is -2.24. The van der Waals surface area contributed by atoms with Crippen LogP contribution < -0.4 is 10.5 Å². The summed E-state index contributed by atoms with van der Waals surface area (Å²) < 4.78 is 5.31. The van der Waals surface area contributed by atoms with Crippen molar-refractivity contribution in [1.82, 2.24) is 4.90 Å². The highest BCUT2D eigenvalue weighted by molar-refractivity contribution is 5.93. The van der Waals surface area contributed by atoms with Crippen LogP contribution in [0, 0.1) is 0 Å². The maximum absolute atomic E-state index is 11.8. The van der Waals surface area contributed by atoms with Gasteiger partial charge in [-0.1, -0.05) is 6.07 Å². The van der Waals surface area contributed by atoms with Gasteiger partial charge >= 0.3 is 5.97 Å². The van der Waals surface area contributed by atoms with Crippen molar-refractivity contribution >= 4 is 17.6 Å². The highest BCUT2D eigenvalue weighted by atomic mass is 16.5. The van der Waals surface area contributed by atoms with E-state index in [-0.39, 0.29) is 29.5 Å². The summed E-state index contributed by atoms with van der Waals surface area (Å²) in [6.45, 7) is 1.28. The van der Waals surface area contributed by atoms with Crippen LogP contribution in [0.3, 0.4) is 0 Å². The number of hydrogen-bond donors (Lipinski definition) is 2. The van der Waals surface area contributed by atoms with E-state index in [1.807, 2.05) is 0 Å². The smallest absolute Gasteiger partial charge is 0.339 e. The second-order valence-corrected chi connectivity index (χ2v) is 4.41. The van der Waals surface area contributed by atoms with Crippen LogP contribution in [-0.4, -0.2) is 41.6 Å². The van der Waals surface area contributed by atoms with Gasteiger partial charge in [-0.05, 0) is 25.0 Å². The maximum atomic E-state index is 11.8. The highest BCUT2D eigenvalue weighted by Gasteiger charge is 2.20. The van der Waals surface area contributed by atoms with Gasteiger partial charge in [-0.3, -0.25) is 4.79 Å². The third-order valence-electron chi connectivity index (χ3n) is 3.07. The third-order valence-corrected chi connectivity index (χ3v) is 3.07. The third kappa shape index (κ3) is 2.96. The Morgan fingerprint density at radius 3 is 2.63 bits per heavy atom. The normalized spacial score (nSPS) is 14.4. The van der Waals surface area contributed by atoms with E-state index in [0.29, 0.717) is 0 Å². The number of rotatable bonds is 4. The molecule has 1 aromatic carbocycles. The summed E-state index contributed by atoms with van der Waals surface area (Å²) >= 11 is 0. The van der Waals surface area contributed by atoms with Crippen LogP contribution in [0.2, 0.25) is 0 Å². The zero-order valence-corrected chi connectivity index (χ0v) is 10.5. The number of anilines is 1. The van der Waals surface area contributed by atoms with Gasteiger partial charge in [-0.25, -0.2) is 4.79 Å². The number of carbonyl (C=O) groups is 2. The molecule has 3 N–H and O–H groups in total. The fourth-order valence-corrected chi connectivity index (χ4v) is 2.08. The molecule has 0 bridgehead atoms. The summed E-state index contributed by atoms with van der Waals surface area (Å²) in [5.41, 5.74) is 5.87. The number of nitrogen functional groups attached to an aromatic ring is 1. The minimum absolute atomic E-state index is 0.0331. The van der Waals surface area contributed by atoms with Gasteiger partial charge < -0.3 is 20.5 Å². The summed E-state index contributed by atoms with van der Waals surface area (Å²) in [6.07, 6.45) is 2.00. The first-order valence-corrected chi connectivity index (χ1v) is 6.12. The molecule has 1 aliphatic rings. The van der Waals surface area contributed by atoms with E-state index >= 15 is 0 Å². The molecule has 0 radical (unpaired) electrons. The van der Waals surface area contributed by atoms with Crippen molar-refractivity contribution < 1.29 is 19.4 Å². The number of amides is 1. The number of nitrogens with zero attached hydrogens (tertiary/aromatic N) is 1. The lowest BCUT2D eigenvalue weighted by atomic mass is 10.2. The lowest BCUT2D eigenvalue weighted by Gasteiger charge is -2.17. The van der Waals surface area contributed by atoms with Gasteiger partial charge in [0, 0.05) is 13.1 Å². The minimum atomic E-state index is -1.13. The molecule has 1 aliphatic heterocycles. The van der Waals surface area contributed by atoms with Crippen molar-refractivity contribution in [3.63, 3.8) is 0 Å². The molecule has 0 unspecified atom stereocenters. The topological polar surface area (TPSA) is 92.9 Å². The molecule has 19 heavy (non-hydrogen) atoms. The molecule has 1 aromatic rings. The number of carboxylic acid groups (broad SMARTS) is 1. The molecule has 102 valence electrons. The molecule has 1 fully saturated rings. The van der Waals surface area contributed by atoms with E-state index < -0.39 is 5.97 Å². The van der Waals surface area contributed by atoms with Crippen molar-refractivity contribution in [3.05, 3.63) is 23.8 Å². The Morgan fingerprint density at radius 2 is 2.00 bits per heavy atom. The lowest BCUT2D eigenvalue weighted by molar-refractivity contribution is -0.132. The zero-order chi connectivity index (χ0) is 13.8. The molecule has 6 heteroatoms. The number of para-hydroxylation sites is 1. The molecular weight excluding hydrogens is 248 g/mol. The molecule has 6 nitrogen and oxygen atoms in total. The van der Waals surface area contributed by atoms with Gasteiger partial charge in [0.15, 0.2) is 12.4 Å². The van der Waals surface area contributed by atoms with Crippen LogP contribution in [0.25, 0.3) is 0 Å². The van der Waals surface area contributed by atoms with Crippen LogP contribution >= 0.6 is 0 Å². The van der Waals surface area contributed by atoms with Gasteiger partial charge in [0.1, 0.15) is 5.56 Å². The molecule has 0 spiro atoms. The predicted molar refractivity (Wildman–Crippen MR) is 69.1 cm³/mol. The number of aromatic carboxylic acids is 1. The number of nitrogens with two attached hydrogens (primary N) is 1. The monoisotopic (exact) mass is 264 g/mol. The average Bonchev–Trinajstić information content (AvgIpc) is 2.90. The van der Waals surface area contributed by atoms with Gasteiger partial charge in [0.2, 0.25) is 0 Å². The van der Waals surface area contributed by atoms with Crippen LogP contribution in [0.5, 0.6) is 5.75 Å². The fourth-order valence-electron chi connectivity index (χ4n) is 2.08. The molecule has 0 saturated carbocycles. The maximum Gasteiger partial charge on any atom is 0.339 e. The Morgan fingerprint density at radius 1 is 1.32 bits per heavy atom. The van der Waals surface area contributed by atoms with Gasteiger partial charge in [0.25, 0.3) is 5.91 Å². The van der Waals surface area contributed by atoms with Crippen molar-refractivity contribution in [2.45, 2.75) is 12.8 Å². The summed E-state index contributed by atoms with van der Waals surface area (Å²) in [7, 11) is 0. The van der Waals surface area contributed by atoms with Crippen LogP contribution in [0.1, 0.15) is 23.2 Å². The first kappa shape index (κ1) is 13.2. The Bertz CT molecular complexity index is 495. The first-order valence-electron chi connectivity index (χ1n) is 6.12. The number of carbonyl (C=O) groups excluding carboxylic acids is 1. The minimum Gasteiger partial charge on any atom is -0.481 e. The molecule has 2 rings (SSSR count). The summed E-state index contributed by atoms with van der Waals surface area (Å²) in [5, 5.41) is 9.04. The Labute approximate surface area is 110 Å². The van der Waals surface area contributed by atoms with Crippen LogP contribution in [-0.2, 0) is 4.79 Å². The van der Waals surface area contributed by atoms with Crippen molar-refractivity contribution in [2.75, 3.05) is 25.4 Å². The van der Waals surface area contributed by atoms with Crippen LogP contribution in [0.15, 0.2) is 18.2 Å². The fraction of sp³-hybridized carbons (Fsp3) is 0.385. The van der Waals surface area contributed by atoms with E-state index in [4.69, 9.17) is 15.6 Å². The van der Waals surface area contributed by atoms with Gasteiger partial charge in [0.05, 0.1) is 5.69 Å².